The SMILES string of the molecule is CC(=O)c1ccc(C#N)cc1N1CCN(C2CC2)CC1. The third kappa shape index (κ3) is 2.54. The molecule has 0 radical (unpaired) electrons. The van der Waals surface area contributed by atoms with E-state index in [1.807, 2.05) is 6.07 Å². The van der Waals surface area contributed by atoms with E-state index in [1.165, 1.54) is 12.8 Å². The fraction of sp³-hybridized carbons (Fsp3) is 0.500. The lowest BCUT2D eigenvalue weighted by molar-refractivity contribution is 0.101. The molecule has 4 heteroatoms. The minimum atomic E-state index is 0.0640. The summed E-state index contributed by atoms with van der Waals surface area (Å²) < 4.78 is 0. The molecule has 0 spiro atoms. The largest absolute Gasteiger partial charge is 0.368 e. The maximum absolute atomic E-state index is 11.8. The van der Waals surface area contributed by atoms with Gasteiger partial charge in [0.15, 0.2) is 5.78 Å². The van der Waals surface area contributed by atoms with Crippen molar-refractivity contribution in [3.8, 4) is 6.07 Å². The third-order valence-electron chi connectivity index (χ3n) is 4.22. The molecule has 2 fully saturated rings. The van der Waals surface area contributed by atoms with Crippen molar-refractivity contribution >= 4 is 11.5 Å². The van der Waals surface area contributed by atoms with E-state index in [9.17, 15) is 4.79 Å². The molecule has 2 aliphatic rings. The lowest BCUT2D eigenvalue weighted by Crippen LogP contribution is -2.47. The van der Waals surface area contributed by atoms with Crippen LogP contribution in [0.25, 0.3) is 0 Å². The smallest absolute Gasteiger partial charge is 0.161 e. The second-order valence-electron chi connectivity index (χ2n) is 5.65. The zero-order valence-corrected chi connectivity index (χ0v) is 11.8. The molecule has 3 rings (SSSR count). The Morgan fingerprint density at radius 1 is 1.25 bits per heavy atom. The number of hydrogen-bond donors (Lipinski definition) is 0. The average Bonchev–Trinajstić information content (AvgIpc) is 3.31. The number of rotatable bonds is 3. The Morgan fingerprint density at radius 2 is 1.95 bits per heavy atom. The number of hydrogen-bond acceptors (Lipinski definition) is 4. The molecule has 104 valence electrons. The number of nitrogens with zero attached hydrogens (tertiary/aromatic N) is 3. The molecule has 0 unspecified atom stereocenters. The molecule has 0 aromatic heterocycles. The zero-order valence-electron chi connectivity index (χ0n) is 11.8. The van der Waals surface area contributed by atoms with Crippen molar-refractivity contribution in [3.05, 3.63) is 29.3 Å². The van der Waals surface area contributed by atoms with E-state index < -0.39 is 0 Å². The Balaban J connectivity index is 1.81. The van der Waals surface area contributed by atoms with Gasteiger partial charge in [0.25, 0.3) is 0 Å². The molecule has 1 aromatic rings. The van der Waals surface area contributed by atoms with Crippen molar-refractivity contribution in [2.45, 2.75) is 25.8 Å². The van der Waals surface area contributed by atoms with Gasteiger partial charge in [-0.25, -0.2) is 0 Å². The summed E-state index contributed by atoms with van der Waals surface area (Å²) >= 11 is 0. The summed E-state index contributed by atoms with van der Waals surface area (Å²) in [6, 6.07) is 8.32. The molecule has 0 amide bonds. The number of piperazine rings is 1. The molecular weight excluding hydrogens is 250 g/mol. The fourth-order valence-electron chi connectivity index (χ4n) is 2.93. The molecule has 1 saturated carbocycles. The van der Waals surface area contributed by atoms with E-state index in [-0.39, 0.29) is 5.78 Å². The second-order valence-corrected chi connectivity index (χ2v) is 5.65. The van der Waals surface area contributed by atoms with E-state index in [1.54, 1.807) is 19.1 Å². The summed E-state index contributed by atoms with van der Waals surface area (Å²) in [7, 11) is 0. The summed E-state index contributed by atoms with van der Waals surface area (Å²) in [6.45, 7) is 5.57. The molecular formula is C16H19N3O. The maximum atomic E-state index is 11.8. The van der Waals surface area contributed by atoms with Crippen molar-refractivity contribution < 1.29 is 4.79 Å². The Hall–Kier alpha value is -1.86. The van der Waals surface area contributed by atoms with Crippen molar-refractivity contribution in [3.63, 3.8) is 0 Å². The summed E-state index contributed by atoms with van der Waals surface area (Å²) in [4.78, 5) is 16.6. The Kier molecular flexibility index (Phi) is 3.45. The molecule has 1 heterocycles. The number of ketones is 1. The van der Waals surface area contributed by atoms with Gasteiger partial charge in [0.05, 0.1) is 11.6 Å². The van der Waals surface area contributed by atoms with Crippen LogP contribution in [0.4, 0.5) is 5.69 Å². The first-order chi connectivity index (χ1) is 9.69. The molecule has 4 nitrogen and oxygen atoms in total. The van der Waals surface area contributed by atoms with Gasteiger partial charge >= 0.3 is 0 Å². The molecule has 0 atom stereocenters. The molecule has 1 aromatic carbocycles. The normalized spacial score (nSPS) is 19.7. The third-order valence-corrected chi connectivity index (χ3v) is 4.22. The lowest BCUT2D eigenvalue weighted by atomic mass is 10.0. The first kappa shape index (κ1) is 13.1. The van der Waals surface area contributed by atoms with Crippen LogP contribution in [-0.4, -0.2) is 42.9 Å². The van der Waals surface area contributed by atoms with Crippen LogP contribution in [0.2, 0.25) is 0 Å². The Bertz CT molecular complexity index is 564. The monoisotopic (exact) mass is 269 g/mol. The topological polar surface area (TPSA) is 47.3 Å². The van der Waals surface area contributed by atoms with E-state index in [2.05, 4.69) is 15.9 Å². The van der Waals surface area contributed by atoms with Crippen molar-refractivity contribution in [1.29, 1.82) is 5.26 Å². The van der Waals surface area contributed by atoms with Gasteiger partial charge in [-0.1, -0.05) is 0 Å². The highest BCUT2D eigenvalue weighted by atomic mass is 16.1. The van der Waals surface area contributed by atoms with Gasteiger partial charge in [0, 0.05) is 43.5 Å². The predicted molar refractivity (Wildman–Crippen MR) is 78.0 cm³/mol. The fourth-order valence-corrected chi connectivity index (χ4v) is 2.93. The molecule has 0 bridgehead atoms. The van der Waals surface area contributed by atoms with Gasteiger partial charge < -0.3 is 4.90 Å². The number of anilines is 1. The second kappa shape index (κ2) is 5.26. The quantitative estimate of drug-likeness (QED) is 0.788. The minimum absolute atomic E-state index is 0.0640. The highest BCUT2D eigenvalue weighted by Gasteiger charge is 2.31. The standard InChI is InChI=1S/C16H19N3O/c1-12(20)15-5-2-13(11-17)10-16(15)19-8-6-18(7-9-19)14-3-4-14/h2,5,10,14H,3-4,6-9H2,1H3. The highest BCUT2D eigenvalue weighted by Crippen LogP contribution is 2.30. The van der Waals surface area contributed by atoms with E-state index in [0.717, 1.165) is 43.5 Å². The predicted octanol–water partition coefficient (Wildman–Crippen LogP) is 2.05. The zero-order chi connectivity index (χ0) is 14.1. The lowest BCUT2D eigenvalue weighted by Gasteiger charge is -2.37. The van der Waals surface area contributed by atoms with Crippen LogP contribution in [0.3, 0.4) is 0 Å². The van der Waals surface area contributed by atoms with Crippen LogP contribution in [0, 0.1) is 11.3 Å². The van der Waals surface area contributed by atoms with Crippen LogP contribution in [0.15, 0.2) is 18.2 Å². The number of benzene rings is 1. The molecule has 1 aliphatic carbocycles. The summed E-state index contributed by atoms with van der Waals surface area (Å²) in [5, 5.41) is 9.05. The number of Topliss-reactive ketones (excluding diaryl/α,β-unsaturated/α-hetero) is 1. The van der Waals surface area contributed by atoms with Crippen LogP contribution < -0.4 is 4.90 Å². The summed E-state index contributed by atoms with van der Waals surface area (Å²) in [5.74, 6) is 0.0640. The van der Waals surface area contributed by atoms with E-state index in [0.29, 0.717) is 5.56 Å². The maximum Gasteiger partial charge on any atom is 0.161 e. The molecule has 1 aliphatic heterocycles. The van der Waals surface area contributed by atoms with Gasteiger partial charge in [-0.2, -0.15) is 5.26 Å². The summed E-state index contributed by atoms with van der Waals surface area (Å²) in [5.41, 5.74) is 2.27. The number of carbonyl (C=O) groups excluding carboxylic acids is 1. The van der Waals surface area contributed by atoms with Crippen molar-refractivity contribution in [2.24, 2.45) is 0 Å². The van der Waals surface area contributed by atoms with Crippen LogP contribution in [0.5, 0.6) is 0 Å². The van der Waals surface area contributed by atoms with Crippen molar-refractivity contribution in [2.75, 3.05) is 31.1 Å². The first-order valence-corrected chi connectivity index (χ1v) is 7.23. The summed E-state index contributed by atoms with van der Waals surface area (Å²) in [6.07, 6.45) is 2.67. The van der Waals surface area contributed by atoms with Gasteiger partial charge in [0.2, 0.25) is 0 Å². The molecule has 0 N–H and O–H groups in total. The van der Waals surface area contributed by atoms with Crippen LogP contribution in [-0.2, 0) is 0 Å². The van der Waals surface area contributed by atoms with Gasteiger partial charge in [-0.3, -0.25) is 9.69 Å². The van der Waals surface area contributed by atoms with E-state index in [4.69, 9.17) is 5.26 Å². The van der Waals surface area contributed by atoms with E-state index >= 15 is 0 Å². The molecule has 20 heavy (non-hydrogen) atoms. The van der Waals surface area contributed by atoms with Gasteiger partial charge in [0.1, 0.15) is 0 Å². The van der Waals surface area contributed by atoms with Crippen molar-refractivity contribution in [1.82, 2.24) is 4.90 Å². The van der Waals surface area contributed by atoms with Crippen LogP contribution >= 0.6 is 0 Å². The number of carbonyl (C=O) groups is 1. The average molecular weight is 269 g/mol. The Morgan fingerprint density at radius 3 is 2.50 bits per heavy atom. The Labute approximate surface area is 119 Å². The van der Waals surface area contributed by atoms with Gasteiger partial charge in [-0.05, 0) is 38.0 Å². The highest BCUT2D eigenvalue weighted by molar-refractivity contribution is 6.00. The first-order valence-electron chi connectivity index (χ1n) is 7.23. The number of nitriles is 1. The van der Waals surface area contributed by atoms with Crippen LogP contribution in [0.1, 0.15) is 35.7 Å². The van der Waals surface area contributed by atoms with Gasteiger partial charge in [-0.15, -0.1) is 0 Å². The molecule has 1 saturated heterocycles. The minimum Gasteiger partial charge on any atom is -0.368 e.